The number of carbonyl (C=O) groups is 2. The molecule has 0 bridgehead atoms. The van der Waals surface area contributed by atoms with Crippen molar-refractivity contribution in [1.29, 1.82) is 0 Å². The van der Waals surface area contributed by atoms with Crippen LogP contribution in [0.5, 0.6) is 0 Å². The summed E-state index contributed by atoms with van der Waals surface area (Å²) in [6.07, 6.45) is 1.54. The van der Waals surface area contributed by atoms with Gasteiger partial charge in [0.1, 0.15) is 5.76 Å². The highest BCUT2D eigenvalue weighted by Gasteiger charge is 2.16. The molecule has 25 heavy (non-hydrogen) atoms. The SMILES string of the molecule is Cc1cc(C(=O)OCC(=O)N[C@@H](C)c2ccco2)c2ccccc2n1. The molecule has 1 atom stereocenters. The Morgan fingerprint density at radius 3 is 2.80 bits per heavy atom. The van der Waals surface area contributed by atoms with Crippen LogP contribution in [0.15, 0.2) is 53.1 Å². The normalized spacial score (nSPS) is 11.9. The maximum Gasteiger partial charge on any atom is 0.339 e. The van der Waals surface area contributed by atoms with Crippen LogP contribution in [-0.2, 0) is 9.53 Å². The number of rotatable bonds is 5. The molecule has 0 radical (unpaired) electrons. The van der Waals surface area contributed by atoms with Crippen molar-refractivity contribution >= 4 is 22.8 Å². The molecule has 0 aliphatic carbocycles. The van der Waals surface area contributed by atoms with Crippen LogP contribution in [0.1, 0.15) is 34.8 Å². The van der Waals surface area contributed by atoms with Crippen LogP contribution >= 0.6 is 0 Å². The zero-order chi connectivity index (χ0) is 17.8. The van der Waals surface area contributed by atoms with Crippen LogP contribution in [0.2, 0.25) is 0 Å². The van der Waals surface area contributed by atoms with Crippen molar-refractivity contribution in [3.8, 4) is 0 Å². The molecule has 3 rings (SSSR count). The van der Waals surface area contributed by atoms with Gasteiger partial charge in [-0.15, -0.1) is 0 Å². The number of hydrogen-bond donors (Lipinski definition) is 1. The molecular weight excluding hydrogens is 320 g/mol. The van der Waals surface area contributed by atoms with Gasteiger partial charge in [-0.1, -0.05) is 18.2 Å². The van der Waals surface area contributed by atoms with Crippen LogP contribution in [0, 0.1) is 6.92 Å². The van der Waals surface area contributed by atoms with Crippen molar-refractivity contribution in [2.75, 3.05) is 6.61 Å². The Bertz CT molecular complexity index is 903. The van der Waals surface area contributed by atoms with E-state index in [1.54, 1.807) is 38.1 Å². The van der Waals surface area contributed by atoms with Crippen LogP contribution in [-0.4, -0.2) is 23.5 Å². The van der Waals surface area contributed by atoms with E-state index in [9.17, 15) is 9.59 Å². The number of aromatic nitrogens is 1. The minimum absolute atomic E-state index is 0.301. The van der Waals surface area contributed by atoms with E-state index < -0.39 is 11.9 Å². The van der Waals surface area contributed by atoms with Gasteiger partial charge in [0.15, 0.2) is 6.61 Å². The zero-order valence-electron chi connectivity index (χ0n) is 14.0. The Morgan fingerprint density at radius 1 is 1.24 bits per heavy atom. The quantitative estimate of drug-likeness (QED) is 0.723. The zero-order valence-corrected chi connectivity index (χ0v) is 14.0. The van der Waals surface area contributed by atoms with Crippen LogP contribution in [0.3, 0.4) is 0 Å². The molecule has 2 heterocycles. The number of furan rings is 1. The largest absolute Gasteiger partial charge is 0.467 e. The second-order valence-corrected chi connectivity index (χ2v) is 5.71. The second-order valence-electron chi connectivity index (χ2n) is 5.71. The van der Waals surface area contributed by atoms with Crippen molar-refractivity contribution in [2.45, 2.75) is 19.9 Å². The average Bonchev–Trinajstić information content (AvgIpc) is 3.13. The lowest BCUT2D eigenvalue weighted by molar-refractivity contribution is -0.125. The Labute approximate surface area is 144 Å². The molecule has 6 nitrogen and oxygen atoms in total. The minimum atomic E-state index is -0.553. The molecule has 2 aromatic heterocycles. The number of esters is 1. The average molecular weight is 338 g/mol. The maximum atomic E-state index is 12.4. The Kier molecular flexibility index (Phi) is 4.79. The number of fused-ring (bicyclic) bond motifs is 1. The summed E-state index contributed by atoms with van der Waals surface area (Å²) in [6, 6.07) is 12.2. The van der Waals surface area contributed by atoms with E-state index >= 15 is 0 Å². The molecule has 0 spiro atoms. The molecule has 128 valence electrons. The third-order valence-corrected chi connectivity index (χ3v) is 3.75. The fraction of sp³-hybridized carbons (Fsp3) is 0.211. The van der Waals surface area contributed by atoms with Gasteiger partial charge in [-0.25, -0.2) is 4.79 Å². The molecule has 0 aliphatic rings. The number of nitrogens with one attached hydrogen (secondary N) is 1. The molecule has 1 aromatic carbocycles. The molecule has 0 unspecified atom stereocenters. The minimum Gasteiger partial charge on any atom is -0.467 e. The van der Waals surface area contributed by atoms with Gasteiger partial charge in [-0.2, -0.15) is 0 Å². The van der Waals surface area contributed by atoms with Crippen LogP contribution < -0.4 is 5.32 Å². The number of benzene rings is 1. The monoisotopic (exact) mass is 338 g/mol. The fourth-order valence-corrected chi connectivity index (χ4v) is 2.58. The van der Waals surface area contributed by atoms with Gasteiger partial charge in [0.2, 0.25) is 0 Å². The first-order valence-electron chi connectivity index (χ1n) is 7.91. The number of para-hydroxylation sites is 1. The summed E-state index contributed by atoms with van der Waals surface area (Å²) in [4.78, 5) is 28.7. The van der Waals surface area contributed by atoms with Gasteiger partial charge in [0.05, 0.1) is 23.4 Å². The van der Waals surface area contributed by atoms with E-state index in [1.165, 1.54) is 6.26 Å². The number of aryl methyl sites for hydroxylation is 1. The highest BCUT2D eigenvalue weighted by Crippen LogP contribution is 2.19. The van der Waals surface area contributed by atoms with Gasteiger partial charge >= 0.3 is 5.97 Å². The summed E-state index contributed by atoms with van der Waals surface area (Å²) < 4.78 is 10.4. The lowest BCUT2D eigenvalue weighted by atomic mass is 10.1. The predicted molar refractivity (Wildman–Crippen MR) is 92.0 cm³/mol. The molecule has 3 aromatic rings. The third-order valence-electron chi connectivity index (χ3n) is 3.75. The number of nitrogens with zero attached hydrogens (tertiary/aromatic N) is 1. The third kappa shape index (κ3) is 3.85. The Balaban J connectivity index is 1.66. The lowest BCUT2D eigenvalue weighted by Crippen LogP contribution is -2.31. The van der Waals surface area contributed by atoms with Crippen molar-refractivity contribution in [2.24, 2.45) is 0 Å². The first kappa shape index (κ1) is 16.7. The van der Waals surface area contributed by atoms with E-state index in [4.69, 9.17) is 9.15 Å². The van der Waals surface area contributed by atoms with E-state index in [0.717, 1.165) is 0 Å². The number of carbonyl (C=O) groups excluding carboxylic acids is 2. The summed E-state index contributed by atoms with van der Waals surface area (Å²) in [5.41, 5.74) is 1.82. The molecular formula is C19H18N2O4. The molecule has 1 amide bonds. The van der Waals surface area contributed by atoms with E-state index in [1.807, 2.05) is 18.2 Å². The number of pyridine rings is 1. The molecule has 0 fully saturated rings. The van der Waals surface area contributed by atoms with E-state index in [-0.39, 0.29) is 12.6 Å². The number of ether oxygens (including phenoxy) is 1. The van der Waals surface area contributed by atoms with Gasteiger partial charge in [0.25, 0.3) is 5.91 Å². The Hall–Kier alpha value is -3.15. The number of amides is 1. The van der Waals surface area contributed by atoms with Gasteiger partial charge in [-0.05, 0) is 38.1 Å². The summed E-state index contributed by atoms with van der Waals surface area (Å²) in [5.74, 6) is -0.315. The predicted octanol–water partition coefficient (Wildman–Crippen LogP) is 3.17. The first-order chi connectivity index (χ1) is 12.0. The smallest absolute Gasteiger partial charge is 0.339 e. The standard InChI is InChI=1S/C19H18N2O4/c1-12-10-15(14-6-3-4-7-16(14)20-12)19(23)25-11-18(22)21-13(2)17-8-5-9-24-17/h3-10,13H,11H2,1-2H3,(H,21,22)/t13-/m0/s1. The Morgan fingerprint density at radius 2 is 2.04 bits per heavy atom. The van der Waals surface area contributed by atoms with Crippen molar-refractivity contribution in [3.63, 3.8) is 0 Å². The van der Waals surface area contributed by atoms with Crippen molar-refractivity contribution in [1.82, 2.24) is 10.3 Å². The van der Waals surface area contributed by atoms with Crippen molar-refractivity contribution in [3.05, 3.63) is 65.7 Å². The summed E-state index contributed by atoms with van der Waals surface area (Å²) in [6.45, 7) is 3.23. The molecule has 6 heteroatoms. The highest BCUT2D eigenvalue weighted by molar-refractivity contribution is 6.04. The van der Waals surface area contributed by atoms with E-state index in [0.29, 0.717) is 27.9 Å². The molecule has 0 saturated heterocycles. The van der Waals surface area contributed by atoms with Gasteiger partial charge in [-0.3, -0.25) is 9.78 Å². The number of hydrogen-bond acceptors (Lipinski definition) is 5. The van der Waals surface area contributed by atoms with Crippen LogP contribution in [0.4, 0.5) is 0 Å². The summed E-state index contributed by atoms with van der Waals surface area (Å²) in [5, 5.41) is 3.41. The molecule has 0 aliphatic heterocycles. The lowest BCUT2D eigenvalue weighted by Gasteiger charge is -2.12. The first-order valence-corrected chi connectivity index (χ1v) is 7.91. The van der Waals surface area contributed by atoms with Crippen LogP contribution in [0.25, 0.3) is 10.9 Å². The summed E-state index contributed by atoms with van der Waals surface area (Å²) >= 11 is 0. The van der Waals surface area contributed by atoms with E-state index in [2.05, 4.69) is 10.3 Å². The molecule has 1 N–H and O–H groups in total. The maximum absolute atomic E-state index is 12.4. The van der Waals surface area contributed by atoms with Crippen molar-refractivity contribution < 1.29 is 18.7 Å². The van der Waals surface area contributed by atoms with Gasteiger partial charge < -0.3 is 14.5 Å². The van der Waals surface area contributed by atoms with Gasteiger partial charge in [0, 0.05) is 11.1 Å². The second kappa shape index (κ2) is 7.17. The molecule has 0 saturated carbocycles. The fourth-order valence-electron chi connectivity index (χ4n) is 2.58. The summed E-state index contributed by atoms with van der Waals surface area (Å²) in [7, 11) is 0. The topological polar surface area (TPSA) is 81.4 Å². The highest BCUT2D eigenvalue weighted by atomic mass is 16.5.